The summed E-state index contributed by atoms with van der Waals surface area (Å²) >= 11 is 0. The zero-order chi connectivity index (χ0) is 10.1. The fraction of sp³-hybridized carbons (Fsp3) is 0.222. The molecule has 0 atom stereocenters. The number of benzene rings is 1. The van der Waals surface area contributed by atoms with Crippen LogP contribution in [-0.2, 0) is 4.79 Å². The van der Waals surface area contributed by atoms with Crippen molar-refractivity contribution in [3.05, 3.63) is 12.1 Å². The molecular weight excluding hydrogens is 184 g/mol. The minimum absolute atomic E-state index is 0.00350. The summed E-state index contributed by atoms with van der Waals surface area (Å²) in [4.78, 5) is 11.0. The largest absolute Gasteiger partial charge is 0.497 e. The van der Waals surface area contributed by atoms with E-state index in [2.05, 4.69) is 5.32 Å². The zero-order valence-corrected chi connectivity index (χ0v) is 7.66. The monoisotopic (exact) mass is 194 g/mol. The molecular formula is C9H10N2O3. The average molecular weight is 194 g/mol. The molecule has 5 nitrogen and oxygen atoms in total. The summed E-state index contributed by atoms with van der Waals surface area (Å²) in [5, 5.41) is 2.65. The van der Waals surface area contributed by atoms with E-state index in [1.54, 1.807) is 12.1 Å². The molecule has 1 amide bonds. The molecule has 0 bridgehead atoms. The Balaban J connectivity index is 2.48. The third-order valence-corrected chi connectivity index (χ3v) is 1.95. The highest BCUT2D eigenvalue weighted by atomic mass is 16.5. The summed E-state index contributed by atoms with van der Waals surface area (Å²) in [6, 6.07) is 3.32. The first-order chi connectivity index (χ1) is 6.70. The van der Waals surface area contributed by atoms with Crippen molar-refractivity contribution < 1.29 is 14.3 Å². The van der Waals surface area contributed by atoms with E-state index in [9.17, 15) is 4.79 Å². The van der Waals surface area contributed by atoms with Gasteiger partial charge in [-0.15, -0.1) is 0 Å². The number of hydrogen-bond acceptors (Lipinski definition) is 4. The van der Waals surface area contributed by atoms with Crippen LogP contribution in [-0.4, -0.2) is 19.6 Å². The number of nitrogens with two attached hydrogens (primary N) is 1. The summed E-state index contributed by atoms with van der Waals surface area (Å²) in [7, 11) is 1.53. The van der Waals surface area contributed by atoms with Crippen LogP contribution < -0.4 is 20.5 Å². The van der Waals surface area contributed by atoms with E-state index in [0.29, 0.717) is 22.9 Å². The van der Waals surface area contributed by atoms with Crippen LogP contribution in [0.2, 0.25) is 0 Å². The van der Waals surface area contributed by atoms with Crippen molar-refractivity contribution in [1.29, 1.82) is 0 Å². The van der Waals surface area contributed by atoms with Crippen LogP contribution in [0.15, 0.2) is 12.1 Å². The van der Waals surface area contributed by atoms with Gasteiger partial charge in [0.15, 0.2) is 12.4 Å². The van der Waals surface area contributed by atoms with Gasteiger partial charge in [0.25, 0.3) is 5.91 Å². The van der Waals surface area contributed by atoms with E-state index < -0.39 is 0 Å². The van der Waals surface area contributed by atoms with Gasteiger partial charge in [0.2, 0.25) is 0 Å². The molecule has 0 fully saturated rings. The summed E-state index contributed by atoms with van der Waals surface area (Å²) in [6.07, 6.45) is 0. The summed E-state index contributed by atoms with van der Waals surface area (Å²) in [5.74, 6) is 0.905. The molecule has 5 heteroatoms. The Kier molecular flexibility index (Phi) is 1.92. The summed E-state index contributed by atoms with van der Waals surface area (Å²) < 4.78 is 10.2. The van der Waals surface area contributed by atoms with Crippen LogP contribution >= 0.6 is 0 Å². The Morgan fingerprint density at radius 3 is 3.07 bits per heavy atom. The second-order valence-electron chi connectivity index (χ2n) is 2.93. The minimum atomic E-state index is -0.190. The number of carbonyl (C=O) groups is 1. The topological polar surface area (TPSA) is 73.6 Å². The molecule has 2 rings (SSSR count). The normalized spacial score (nSPS) is 13.9. The van der Waals surface area contributed by atoms with E-state index in [4.69, 9.17) is 15.2 Å². The fourth-order valence-electron chi connectivity index (χ4n) is 1.32. The van der Waals surface area contributed by atoms with Gasteiger partial charge in [-0.05, 0) is 0 Å². The van der Waals surface area contributed by atoms with Gasteiger partial charge in [-0.1, -0.05) is 0 Å². The first kappa shape index (κ1) is 8.68. The van der Waals surface area contributed by atoms with Crippen LogP contribution in [0.3, 0.4) is 0 Å². The lowest BCUT2D eigenvalue weighted by Gasteiger charge is -2.20. The first-order valence-electron chi connectivity index (χ1n) is 4.11. The molecule has 1 aliphatic rings. The quantitative estimate of drug-likeness (QED) is 0.642. The molecule has 0 aliphatic carbocycles. The highest BCUT2D eigenvalue weighted by Crippen LogP contribution is 2.37. The Morgan fingerprint density at radius 2 is 2.36 bits per heavy atom. The Morgan fingerprint density at radius 1 is 1.57 bits per heavy atom. The molecule has 3 N–H and O–H groups in total. The van der Waals surface area contributed by atoms with Crippen molar-refractivity contribution in [1.82, 2.24) is 0 Å². The van der Waals surface area contributed by atoms with Crippen LogP contribution in [0.25, 0.3) is 0 Å². The second kappa shape index (κ2) is 3.10. The lowest BCUT2D eigenvalue weighted by Crippen LogP contribution is -2.25. The number of nitrogen functional groups attached to an aromatic ring is 1. The number of carbonyl (C=O) groups excluding carboxylic acids is 1. The minimum Gasteiger partial charge on any atom is -0.497 e. The fourth-order valence-corrected chi connectivity index (χ4v) is 1.32. The molecule has 0 saturated carbocycles. The smallest absolute Gasteiger partial charge is 0.262 e. The van der Waals surface area contributed by atoms with Crippen molar-refractivity contribution >= 4 is 17.3 Å². The van der Waals surface area contributed by atoms with E-state index in [0.717, 1.165) is 0 Å². The van der Waals surface area contributed by atoms with E-state index in [1.807, 2.05) is 0 Å². The predicted octanol–water partition coefficient (Wildman–Crippen LogP) is 0.608. The SMILES string of the molecule is COc1cc(N)c2c(c1)NC(=O)CO2. The van der Waals surface area contributed by atoms with Crippen LogP contribution in [0.4, 0.5) is 11.4 Å². The molecule has 1 aliphatic heterocycles. The maximum absolute atomic E-state index is 11.0. The van der Waals surface area contributed by atoms with Crippen molar-refractivity contribution in [2.24, 2.45) is 0 Å². The maximum atomic E-state index is 11.0. The van der Waals surface area contributed by atoms with Crippen LogP contribution in [0.1, 0.15) is 0 Å². The van der Waals surface area contributed by atoms with E-state index in [1.165, 1.54) is 7.11 Å². The molecule has 14 heavy (non-hydrogen) atoms. The molecule has 0 saturated heterocycles. The standard InChI is InChI=1S/C9H10N2O3/c1-13-5-2-6(10)9-7(3-5)11-8(12)4-14-9/h2-3H,4,10H2,1H3,(H,11,12). The first-order valence-corrected chi connectivity index (χ1v) is 4.11. The molecule has 0 spiro atoms. The molecule has 1 aromatic carbocycles. The van der Waals surface area contributed by atoms with Gasteiger partial charge in [-0.2, -0.15) is 0 Å². The Bertz CT molecular complexity index is 390. The molecule has 0 unspecified atom stereocenters. The second-order valence-corrected chi connectivity index (χ2v) is 2.93. The van der Waals surface area contributed by atoms with Crippen molar-refractivity contribution in [3.63, 3.8) is 0 Å². The number of amides is 1. The zero-order valence-electron chi connectivity index (χ0n) is 7.66. The summed E-state index contributed by atoms with van der Waals surface area (Å²) in [6.45, 7) is 0.00350. The third-order valence-electron chi connectivity index (χ3n) is 1.95. The molecule has 0 radical (unpaired) electrons. The van der Waals surface area contributed by atoms with Gasteiger partial charge in [-0.3, -0.25) is 4.79 Å². The lowest BCUT2D eigenvalue weighted by molar-refractivity contribution is -0.118. The molecule has 1 heterocycles. The Hall–Kier alpha value is -1.91. The van der Waals surface area contributed by atoms with Gasteiger partial charge >= 0.3 is 0 Å². The van der Waals surface area contributed by atoms with E-state index in [-0.39, 0.29) is 12.5 Å². The summed E-state index contributed by atoms with van der Waals surface area (Å²) in [5.41, 5.74) is 6.72. The maximum Gasteiger partial charge on any atom is 0.262 e. The van der Waals surface area contributed by atoms with Crippen LogP contribution in [0, 0.1) is 0 Å². The Labute approximate surface area is 80.8 Å². The number of hydrogen-bond donors (Lipinski definition) is 2. The molecule has 1 aromatic rings. The average Bonchev–Trinajstić information content (AvgIpc) is 2.16. The predicted molar refractivity (Wildman–Crippen MR) is 51.5 cm³/mol. The molecule has 0 aromatic heterocycles. The third kappa shape index (κ3) is 1.32. The van der Waals surface area contributed by atoms with Gasteiger partial charge in [0, 0.05) is 12.1 Å². The van der Waals surface area contributed by atoms with Crippen molar-refractivity contribution in [2.75, 3.05) is 24.8 Å². The highest BCUT2D eigenvalue weighted by Gasteiger charge is 2.19. The number of ether oxygens (including phenoxy) is 2. The number of rotatable bonds is 1. The van der Waals surface area contributed by atoms with Gasteiger partial charge in [-0.25, -0.2) is 0 Å². The highest BCUT2D eigenvalue weighted by molar-refractivity contribution is 5.97. The lowest BCUT2D eigenvalue weighted by atomic mass is 10.2. The van der Waals surface area contributed by atoms with Gasteiger partial charge in [0.1, 0.15) is 5.75 Å². The number of methoxy groups -OCH3 is 1. The van der Waals surface area contributed by atoms with Crippen molar-refractivity contribution in [3.8, 4) is 11.5 Å². The van der Waals surface area contributed by atoms with Crippen LogP contribution in [0.5, 0.6) is 11.5 Å². The van der Waals surface area contributed by atoms with Gasteiger partial charge < -0.3 is 20.5 Å². The van der Waals surface area contributed by atoms with Crippen molar-refractivity contribution in [2.45, 2.75) is 0 Å². The van der Waals surface area contributed by atoms with Gasteiger partial charge in [0.05, 0.1) is 18.5 Å². The number of nitrogens with one attached hydrogen (secondary N) is 1. The molecule has 74 valence electrons. The number of fused-ring (bicyclic) bond motifs is 1. The number of anilines is 2. The van der Waals surface area contributed by atoms with E-state index >= 15 is 0 Å².